The van der Waals surface area contributed by atoms with Gasteiger partial charge in [0.2, 0.25) is 0 Å². The zero-order valence-corrected chi connectivity index (χ0v) is 13.6. The zero-order chi connectivity index (χ0) is 17.2. The summed E-state index contributed by atoms with van der Waals surface area (Å²) in [6.45, 7) is 1.91. The van der Waals surface area contributed by atoms with Crippen molar-refractivity contribution in [2.75, 3.05) is 13.2 Å². The van der Waals surface area contributed by atoms with Crippen LogP contribution in [0.15, 0.2) is 5.11 Å². The summed E-state index contributed by atoms with van der Waals surface area (Å²) in [5, 5.41) is 23.2. The van der Waals surface area contributed by atoms with Gasteiger partial charge in [-0.3, -0.25) is 4.79 Å². The van der Waals surface area contributed by atoms with Gasteiger partial charge in [0.05, 0.1) is 18.8 Å². The van der Waals surface area contributed by atoms with Crippen molar-refractivity contribution >= 4 is 18.8 Å². The van der Waals surface area contributed by atoms with Gasteiger partial charge in [0.25, 0.3) is 0 Å². The molecule has 0 aromatic rings. The number of rotatable bonds is 9. The van der Waals surface area contributed by atoms with E-state index >= 15 is 0 Å². The summed E-state index contributed by atoms with van der Waals surface area (Å²) >= 11 is 3.54. The van der Waals surface area contributed by atoms with E-state index in [2.05, 4.69) is 27.7 Å². The molecule has 1 aliphatic heterocycles. The van der Waals surface area contributed by atoms with Crippen LogP contribution in [-0.2, 0) is 19.1 Å². The Labute approximate surface area is 139 Å². The van der Waals surface area contributed by atoms with Crippen LogP contribution >= 0.6 is 12.8 Å². The maximum Gasteiger partial charge on any atom is 0.325 e. The molecule has 1 fully saturated rings. The van der Waals surface area contributed by atoms with Crippen molar-refractivity contribution in [2.45, 2.75) is 50.8 Å². The van der Waals surface area contributed by atoms with Crippen molar-refractivity contribution in [2.24, 2.45) is 11.0 Å². The second kappa shape index (κ2) is 10.7. The quantitative estimate of drug-likeness (QED) is 0.118. The number of ether oxygens (including phenoxy) is 2. The molecule has 1 saturated heterocycles. The van der Waals surface area contributed by atoms with Crippen LogP contribution in [0.1, 0.15) is 26.2 Å². The Kier molecular flexibility index (Phi) is 9.26. The van der Waals surface area contributed by atoms with Gasteiger partial charge in [0.15, 0.2) is 6.29 Å². The van der Waals surface area contributed by atoms with Gasteiger partial charge in [0.1, 0.15) is 6.10 Å². The molecule has 10 nitrogen and oxygen atoms in total. The minimum atomic E-state index is -1.14. The van der Waals surface area contributed by atoms with Gasteiger partial charge < -0.3 is 24.5 Å². The molecule has 5 atom stereocenters. The van der Waals surface area contributed by atoms with Crippen LogP contribution in [0.2, 0.25) is 0 Å². The van der Waals surface area contributed by atoms with E-state index in [1.54, 1.807) is 6.92 Å². The predicted octanol–water partition coefficient (Wildman–Crippen LogP) is 0.459. The monoisotopic (exact) mass is 350 g/mol. The number of aliphatic hydroxyl groups excluding tert-OH is 2. The van der Waals surface area contributed by atoms with Crippen LogP contribution in [-0.4, -0.2) is 53.9 Å². The minimum absolute atomic E-state index is 0.0934. The molecule has 23 heavy (non-hydrogen) atoms. The van der Waals surface area contributed by atoms with Gasteiger partial charge in [-0.2, -0.15) is 0 Å². The van der Waals surface area contributed by atoms with E-state index < -0.39 is 36.5 Å². The van der Waals surface area contributed by atoms with Crippen molar-refractivity contribution in [3.8, 4) is 0 Å². The SMILES string of the molecule is CC1C(OCCCCC(=O)ONS)OC(CN=[N+]=[N-])[C@H](O)[C@@H]1O. The summed E-state index contributed by atoms with van der Waals surface area (Å²) in [6.07, 6.45) is -2.35. The first kappa shape index (κ1) is 20.0. The largest absolute Gasteiger partial charge is 0.390 e. The number of carbonyl (C=O) groups excluding carboxylic acids is 1. The Morgan fingerprint density at radius 1 is 1.43 bits per heavy atom. The molecule has 0 aromatic carbocycles. The Bertz CT molecular complexity index is 422. The molecule has 0 amide bonds. The van der Waals surface area contributed by atoms with Gasteiger partial charge in [-0.1, -0.05) is 29.7 Å². The molecule has 3 N–H and O–H groups in total. The molecule has 0 saturated carbocycles. The standard InChI is InChI=1S/C12H22N4O6S/c1-7-10(18)11(19)8(6-14-15-13)21-12(7)20-5-3-2-4-9(17)22-16-23/h7-8,10-12,16,18-19,23H,2-6H2,1H3/t7?,8?,10-,11+,12?/m1/s1. The third-order valence-corrected chi connectivity index (χ3v) is 3.64. The number of hydrogen-bond acceptors (Lipinski definition) is 9. The van der Waals surface area contributed by atoms with Gasteiger partial charge >= 0.3 is 5.97 Å². The molecular weight excluding hydrogens is 328 g/mol. The van der Waals surface area contributed by atoms with Crippen molar-refractivity contribution in [1.29, 1.82) is 0 Å². The Hall–Kier alpha value is -1.07. The first-order chi connectivity index (χ1) is 11.0. The summed E-state index contributed by atoms with van der Waals surface area (Å²) in [5.41, 5.74) is 8.33. The summed E-state index contributed by atoms with van der Waals surface area (Å²) in [6, 6.07) is 0. The van der Waals surface area contributed by atoms with E-state index in [1.165, 1.54) is 0 Å². The molecule has 0 aliphatic carbocycles. The number of thiol groups is 1. The van der Waals surface area contributed by atoms with E-state index in [-0.39, 0.29) is 13.0 Å². The predicted molar refractivity (Wildman–Crippen MR) is 81.9 cm³/mol. The van der Waals surface area contributed by atoms with Crippen LogP contribution in [0.4, 0.5) is 0 Å². The number of azide groups is 1. The molecule has 0 aromatic heterocycles. The van der Waals surface area contributed by atoms with Crippen LogP contribution in [0, 0.1) is 5.92 Å². The van der Waals surface area contributed by atoms with Crippen molar-refractivity contribution in [3.63, 3.8) is 0 Å². The van der Waals surface area contributed by atoms with Crippen LogP contribution in [0.5, 0.6) is 0 Å². The van der Waals surface area contributed by atoms with E-state index in [0.717, 1.165) is 0 Å². The lowest BCUT2D eigenvalue weighted by Gasteiger charge is -2.40. The van der Waals surface area contributed by atoms with Crippen molar-refractivity contribution in [1.82, 2.24) is 4.89 Å². The first-order valence-electron chi connectivity index (χ1n) is 7.24. The lowest BCUT2D eigenvalue weighted by atomic mass is 9.92. The van der Waals surface area contributed by atoms with Crippen LogP contribution < -0.4 is 4.89 Å². The second-order valence-electron chi connectivity index (χ2n) is 5.19. The summed E-state index contributed by atoms with van der Waals surface area (Å²) in [4.78, 5) is 20.1. The average Bonchev–Trinajstić information content (AvgIpc) is 2.53. The molecule has 1 heterocycles. The number of aliphatic hydroxyl groups is 2. The highest BCUT2D eigenvalue weighted by Gasteiger charge is 2.42. The third-order valence-electron chi connectivity index (χ3n) is 3.55. The van der Waals surface area contributed by atoms with E-state index in [9.17, 15) is 15.0 Å². The minimum Gasteiger partial charge on any atom is -0.390 e. The number of nitrogens with one attached hydrogen (secondary N) is 1. The van der Waals surface area contributed by atoms with Gasteiger partial charge in [-0.15, -0.1) is 0 Å². The first-order valence-corrected chi connectivity index (χ1v) is 7.68. The van der Waals surface area contributed by atoms with Crippen molar-refractivity contribution < 1.29 is 29.3 Å². The fourth-order valence-corrected chi connectivity index (χ4v) is 2.30. The molecule has 0 spiro atoms. The molecule has 0 radical (unpaired) electrons. The van der Waals surface area contributed by atoms with Gasteiger partial charge in [-0.25, -0.2) is 0 Å². The second-order valence-corrected chi connectivity index (χ2v) is 5.37. The zero-order valence-electron chi connectivity index (χ0n) is 12.7. The summed E-state index contributed by atoms with van der Waals surface area (Å²) in [5.74, 6) is -0.860. The molecule has 1 aliphatic rings. The van der Waals surface area contributed by atoms with Gasteiger partial charge in [-0.05, 0) is 18.4 Å². The lowest BCUT2D eigenvalue weighted by Crippen LogP contribution is -2.55. The Morgan fingerprint density at radius 2 is 2.17 bits per heavy atom. The Balaban J connectivity index is 2.36. The number of unbranched alkanes of at least 4 members (excludes halogenated alkanes) is 1. The number of hydrogen-bond donors (Lipinski definition) is 4. The smallest absolute Gasteiger partial charge is 0.325 e. The summed E-state index contributed by atoms with van der Waals surface area (Å²) in [7, 11) is 0. The fraction of sp³-hybridized carbons (Fsp3) is 0.917. The maximum absolute atomic E-state index is 11.1. The average molecular weight is 350 g/mol. The van der Waals surface area contributed by atoms with Crippen molar-refractivity contribution in [3.05, 3.63) is 10.4 Å². The Morgan fingerprint density at radius 3 is 2.83 bits per heavy atom. The molecule has 11 heteroatoms. The van der Waals surface area contributed by atoms with E-state index in [1.807, 2.05) is 4.89 Å². The summed E-state index contributed by atoms with van der Waals surface area (Å²) < 4.78 is 11.1. The van der Waals surface area contributed by atoms with E-state index in [4.69, 9.17) is 15.0 Å². The fourth-order valence-electron chi connectivity index (χ4n) is 2.20. The third kappa shape index (κ3) is 6.51. The molecule has 0 bridgehead atoms. The normalized spacial score (nSPS) is 30.5. The van der Waals surface area contributed by atoms with E-state index in [0.29, 0.717) is 19.4 Å². The number of carbonyl (C=O) groups is 1. The highest BCUT2D eigenvalue weighted by molar-refractivity contribution is 7.77. The maximum atomic E-state index is 11.1. The molecule has 1 rings (SSSR count). The highest BCUT2D eigenvalue weighted by Crippen LogP contribution is 2.27. The van der Waals surface area contributed by atoms with Crippen LogP contribution in [0.3, 0.4) is 0 Å². The lowest BCUT2D eigenvalue weighted by molar-refractivity contribution is -0.274. The molecule has 132 valence electrons. The molecular formula is C12H22N4O6S. The topological polar surface area (TPSA) is 146 Å². The highest BCUT2D eigenvalue weighted by atomic mass is 32.1. The number of nitrogens with zero attached hydrogens (tertiary/aromatic N) is 3. The van der Waals surface area contributed by atoms with Crippen LogP contribution in [0.25, 0.3) is 10.4 Å². The van der Waals surface area contributed by atoms with Gasteiger partial charge in [0, 0.05) is 23.9 Å². The molecule has 3 unspecified atom stereocenters.